The molecule has 6 nitrogen and oxygen atoms in total. The van der Waals surface area contributed by atoms with Crippen molar-refractivity contribution in [2.75, 3.05) is 32.1 Å². The van der Waals surface area contributed by atoms with Gasteiger partial charge in [0.1, 0.15) is 17.3 Å². The number of rotatable bonds is 3. The molecule has 1 atom stereocenters. The normalized spacial score (nSPS) is 17.3. The highest BCUT2D eigenvalue weighted by Gasteiger charge is 2.27. The van der Waals surface area contributed by atoms with Gasteiger partial charge in [-0.15, -0.1) is 5.10 Å². The molecule has 1 aliphatic rings. The average Bonchev–Trinajstić information content (AvgIpc) is 3.35. The van der Waals surface area contributed by atoms with Crippen molar-refractivity contribution in [3.8, 4) is 11.3 Å². The van der Waals surface area contributed by atoms with E-state index in [9.17, 15) is 4.39 Å². The lowest BCUT2D eigenvalue weighted by atomic mass is 10.1. The molecule has 4 aromatic rings. The van der Waals surface area contributed by atoms with E-state index in [0.29, 0.717) is 22.9 Å². The fourth-order valence-electron chi connectivity index (χ4n) is 3.97. The van der Waals surface area contributed by atoms with E-state index < -0.39 is 0 Å². The zero-order valence-electron chi connectivity index (χ0n) is 15.9. The molecular weight excluding hydrogens is 355 g/mol. The largest absolute Gasteiger partial charge is 0.354 e. The number of anilines is 1. The molecule has 0 saturated carbocycles. The fraction of sp³-hybridized carbons (Fsp3) is 0.286. The van der Waals surface area contributed by atoms with Gasteiger partial charge in [-0.05, 0) is 44.8 Å². The molecule has 0 bridgehead atoms. The van der Waals surface area contributed by atoms with Crippen LogP contribution in [0.1, 0.15) is 6.42 Å². The van der Waals surface area contributed by atoms with Crippen LogP contribution >= 0.6 is 0 Å². The lowest BCUT2D eigenvalue weighted by Gasteiger charge is -2.22. The Labute approximate surface area is 162 Å². The minimum atomic E-state index is -0.324. The van der Waals surface area contributed by atoms with Gasteiger partial charge in [0.25, 0.3) is 0 Å². The highest BCUT2D eigenvalue weighted by molar-refractivity contribution is 5.93. The van der Waals surface area contributed by atoms with Crippen LogP contribution in [0.5, 0.6) is 0 Å². The summed E-state index contributed by atoms with van der Waals surface area (Å²) in [6.07, 6.45) is 1.09. The van der Waals surface area contributed by atoms with Crippen molar-refractivity contribution in [3.05, 3.63) is 54.3 Å². The second-order valence-electron chi connectivity index (χ2n) is 7.46. The monoisotopic (exact) mass is 376 g/mol. The summed E-state index contributed by atoms with van der Waals surface area (Å²) in [4.78, 5) is 9.50. The molecular formula is C21H21FN6. The van der Waals surface area contributed by atoms with Crippen LogP contribution in [0, 0.1) is 5.82 Å². The highest BCUT2D eigenvalue weighted by Crippen LogP contribution is 2.32. The summed E-state index contributed by atoms with van der Waals surface area (Å²) < 4.78 is 16.1. The van der Waals surface area contributed by atoms with Gasteiger partial charge in [-0.25, -0.2) is 9.37 Å². The molecule has 7 heteroatoms. The van der Waals surface area contributed by atoms with E-state index in [1.165, 1.54) is 6.07 Å². The first-order chi connectivity index (χ1) is 13.6. The molecule has 0 radical (unpaired) electrons. The second kappa shape index (κ2) is 6.53. The number of nitrogens with zero attached hydrogens (tertiary/aromatic N) is 6. The van der Waals surface area contributed by atoms with Gasteiger partial charge in [0.2, 0.25) is 0 Å². The van der Waals surface area contributed by atoms with E-state index in [2.05, 4.69) is 40.3 Å². The van der Waals surface area contributed by atoms with Crippen LogP contribution in [0.2, 0.25) is 0 Å². The molecule has 1 fully saturated rings. The third kappa shape index (κ3) is 2.62. The molecule has 0 amide bonds. The average molecular weight is 376 g/mol. The Hall–Kier alpha value is -3.06. The molecule has 1 unspecified atom stereocenters. The number of hydrogen-bond donors (Lipinski definition) is 0. The molecule has 2 aromatic carbocycles. The van der Waals surface area contributed by atoms with Crippen LogP contribution in [0.3, 0.4) is 0 Å². The molecule has 3 heterocycles. The summed E-state index contributed by atoms with van der Waals surface area (Å²) in [6.45, 7) is 1.85. The molecule has 28 heavy (non-hydrogen) atoms. The predicted molar refractivity (Wildman–Crippen MR) is 108 cm³/mol. The number of benzene rings is 2. The maximum Gasteiger partial charge on any atom is 0.186 e. The molecule has 0 aliphatic carbocycles. The number of para-hydroxylation sites is 1. The van der Waals surface area contributed by atoms with Crippen molar-refractivity contribution in [1.82, 2.24) is 24.7 Å². The van der Waals surface area contributed by atoms with E-state index in [1.807, 2.05) is 18.2 Å². The SMILES string of the molecule is CN(C)C1CCN(c2nc3c(-c4ccccc4F)nnn3c3ccccc23)C1. The number of aromatic nitrogens is 4. The number of likely N-dealkylation sites (N-methyl/N-ethyl adjacent to an activating group) is 1. The minimum Gasteiger partial charge on any atom is -0.354 e. The van der Waals surface area contributed by atoms with Crippen molar-refractivity contribution in [1.29, 1.82) is 0 Å². The zero-order chi connectivity index (χ0) is 19.3. The van der Waals surface area contributed by atoms with Crippen LogP contribution in [0.4, 0.5) is 10.2 Å². The van der Waals surface area contributed by atoms with Crippen LogP contribution < -0.4 is 4.90 Å². The maximum atomic E-state index is 14.4. The van der Waals surface area contributed by atoms with Crippen molar-refractivity contribution in [2.24, 2.45) is 0 Å². The molecule has 5 rings (SSSR count). The van der Waals surface area contributed by atoms with Crippen LogP contribution in [-0.4, -0.2) is 57.9 Å². The third-order valence-electron chi connectivity index (χ3n) is 5.55. The van der Waals surface area contributed by atoms with Gasteiger partial charge in [-0.1, -0.05) is 29.5 Å². The molecule has 0 N–H and O–H groups in total. The molecule has 2 aromatic heterocycles. The van der Waals surface area contributed by atoms with Gasteiger partial charge < -0.3 is 9.80 Å². The Morgan fingerprint density at radius 2 is 1.86 bits per heavy atom. The van der Waals surface area contributed by atoms with Crippen LogP contribution in [-0.2, 0) is 0 Å². The van der Waals surface area contributed by atoms with Gasteiger partial charge in [0.15, 0.2) is 5.65 Å². The summed E-state index contributed by atoms with van der Waals surface area (Å²) in [5, 5.41) is 9.58. The van der Waals surface area contributed by atoms with Gasteiger partial charge in [0, 0.05) is 30.1 Å². The van der Waals surface area contributed by atoms with Crippen molar-refractivity contribution < 1.29 is 4.39 Å². The lowest BCUT2D eigenvalue weighted by Crippen LogP contribution is -2.31. The maximum absolute atomic E-state index is 14.4. The van der Waals surface area contributed by atoms with E-state index >= 15 is 0 Å². The highest BCUT2D eigenvalue weighted by atomic mass is 19.1. The molecule has 0 spiro atoms. The van der Waals surface area contributed by atoms with Crippen LogP contribution in [0.15, 0.2) is 48.5 Å². The van der Waals surface area contributed by atoms with E-state index in [-0.39, 0.29) is 5.82 Å². The Morgan fingerprint density at radius 3 is 2.64 bits per heavy atom. The zero-order valence-corrected chi connectivity index (χ0v) is 15.9. The van der Waals surface area contributed by atoms with Crippen molar-refractivity contribution in [2.45, 2.75) is 12.5 Å². The van der Waals surface area contributed by atoms with Gasteiger partial charge in [0.05, 0.1) is 5.52 Å². The van der Waals surface area contributed by atoms with Crippen LogP contribution in [0.25, 0.3) is 27.8 Å². The first-order valence-electron chi connectivity index (χ1n) is 9.44. The number of fused-ring (bicyclic) bond motifs is 3. The standard InChI is InChI=1S/C21H21FN6/c1-26(2)14-11-12-27(13-14)20-16-8-4-6-10-18(16)28-21(23-20)19(24-25-28)15-7-3-5-9-17(15)22/h3-10,14H,11-13H2,1-2H3. The van der Waals surface area contributed by atoms with Gasteiger partial charge >= 0.3 is 0 Å². The predicted octanol–water partition coefficient (Wildman–Crippen LogP) is 3.22. The Kier molecular flexibility index (Phi) is 3.98. The number of hydrogen-bond acceptors (Lipinski definition) is 5. The Bertz CT molecular complexity index is 1170. The molecule has 1 saturated heterocycles. The quantitative estimate of drug-likeness (QED) is 0.549. The van der Waals surface area contributed by atoms with E-state index in [0.717, 1.165) is 36.2 Å². The summed E-state index contributed by atoms with van der Waals surface area (Å²) in [5.74, 6) is 0.586. The summed E-state index contributed by atoms with van der Waals surface area (Å²) in [5.41, 5.74) is 2.38. The fourth-order valence-corrected chi connectivity index (χ4v) is 3.97. The molecule has 142 valence electrons. The number of halogens is 1. The topological polar surface area (TPSA) is 49.6 Å². The second-order valence-corrected chi connectivity index (χ2v) is 7.46. The first-order valence-corrected chi connectivity index (χ1v) is 9.44. The Morgan fingerprint density at radius 1 is 1.07 bits per heavy atom. The van der Waals surface area contributed by atoms with Gasteiger partial charge in [-0.2, -0.15) is 4.52 Å². The third-order valence-corrected chi connectivity index (χ3v) is 5.55. The smallest absolute Gasteiger partial charge is 0.186 e. The Balaban J connectivity index is 1.73. The summed E-state index contributed by atoms with van der Waals surface area (Å²) in [6, 6.07) is 15.2. The lowest BCUT2D eigenvalue weighted by molar-refractivity contribution is 0.315. The van der Waals surface area contributed by atoms with Crippen molar-refractivity contribution in [3.63, 3.8) is 0 Å². The molecule has 1 aliphatic heterocycles. The van der Waals surface area contributed by atoms with E-state index in [1.54, 1.807) is 22.7 Å². The van der Waals surface area contributed by atoms with Crippen molar-refractivity contribution >= 4 is 22.4 Å². The first kappa shape index (κ1) is 17.1. The minimum absolute atomic E-state index is 0.324. The summed E-state index contributed by atoms with van der Waals surface area (Å²) in [7, 11) is 4.22. The summed E-state index contributed by atoms with van der Waals surface area (Å²) >= 11 is 0. The van der Waals surface area contributed by atoms with E-state index in [4.69, 9.17) is 4.98 Å². The van der Waals surface area contributed by atoms with Gasteiger partial charge in [-0.3, -0.25) is 0 Å².